The molecule has 0 aliphatic rings. The van der Waals surface area contributed by atoms with Gasteiger partial charge in [0.05, 0.1) is 6.61 Å². The van der Waals surface area contributed by atoms with Crippen LogP contribution in [0.3, 0.4) is 0 Å². The summed E-state index contributed by atoms with van der Waals surface area (Å²) in [5, 5.41) is 16.7. The molecule has 2 N–H and O–H groups in total. The predicted octanol–water partition coefficient (Wildman–Crippen LogP) is -0.365. The van der Waals surface area contributed by atoms with Gasteiger partial charge in [0.15, 0.2) is 0 Å². The van der Waals surface area contributed by atoms with Gasteiger partial charge < -0.3 is 14.9 Å². The van der Waals surface area contributed by atoms with Gasteiger partial charge in [0.25, 0.3) is 0 Å². The van der Waals surface area contributed by atoms with E-state index in [1.54, 1.807) is 0 Å². The minimum absolute atomic E-state index is 0.255. The summed E-state index contributed by atoms with van der Waals surface area (Å²) in [7, 11) is 0. The van der Waals surface area contributed by atoms with Crippen molar-refractivity contribution in [2.75, 3.05) is 13.2 Å². The van der Waals surface area contributed by atoms with Crippen LogP contribution in [0.2, 0.25) is 0 Å². The highest BCUT2D eigenvalue weighted by Gasteiger charge is 2.08. The summed E-state index contributed by atoms with van der Waals surface area (Å²) in [4.78, 5) is 10.5. The first kappa shape index (κ1) is 10.4. The number of halogens is 1. The second-order valence-corrected chi connectivity index (χ2v) is 2.30. The van der Waals surface area contributed by atoms with Gasteiger partial charge in [-0.05, 0) is 0 Å². The van der Waals surface area contributed by atoms with Crippen LogP contribution in [0.4, 0.5) is 0 Å². The molecule has 0 rings (SSSR count). The molecule has 0 aliphatic heterocycles. The number of carbonyl (C=O) groups excluding carboxylic acids is 1. The molecule has 11 heavy (non-hydrogen) atoms. The van der Waals surface area contributed by atoms with Gasteiger partial charge in [-0.15, -0.1) is 0 Å². The predicted molar refractivity (Wildman–Crippen MR) is 39.0 cm³/mol. The van der Waals surface area contributed by atoms with Crippen molar-refractivity contribution in [3.63, 3.8) is 0 Å². The minimum atomic E-state index is -1.06. The molecule has 0 aromatic rings. The summed E-state index contributed by atoms with van der Waals surface area (Å²) in [5.74, 6) is -0.792. The molecule has 0 fully saturated rings. The molecular formula is C6H9ClO4. The van der Waals surface area contributed by atoms with Crippen LogP contribution in [0.15, 0.2) is 11.6 Å². The maximum atomic E-state index is 10.5. The molecule has 1 atom stereocenters. The van der Waals surface area contributed by atoms with Crippen LogP contribution in [0.5, 0.6) is 0 Å². The van der Waals surface area contributed by atoms with Crippen molar-refractivity contribution in [3.8, 4) is 0 Å². The second kappa shape index (κ2) is 5.12. The zero-order valence-electron chi connectivity index (χ0n) is 5.79. The lowest BCUT2D eigenvalue weighted by atomic mass is 10.4. The summed E-state index contributed by atoms with van der Waals surface area (Å²) in [6, 6.07) is 0. The van der Waals surface area contributed by atoms with Crippen molar-refractivity contribution in [2.45, 2.75) is 6.10 Å². The molecule has 0 spiro atoms. The first-order valence-electron chi connectivity index (χ1n) is 2.88. The third-order valence-electron chi connectivity index (χ3n) is 0.839. The molecule has 0 saturated carbocycles. The summed E-state index contributed by atoms with van der Waals surface area (Å²) >= 11 is 5.14. The van der Waals surface area contributed by atoms with E-state index in [1.165, 1.54) is 0 Å². The van der Waals surface area contributed by atoms with Gasteiger partial charge in [0.2, 0.25) is 0 Å². The molecule has 0 bridgehead atoms. The Morgan fingerprint density at radius 2 is 2.27 bits per heavy atom. The molecule has 5 heteroatoms. The van der Waals surface area contributed by atoms with Crippen molar-refractivity contribution < 1.29 is 19.7 Å². The molecule has 1 unspecified atom stereocenters. The standard InChI is InChI=1S/C6H9ClO4/c1-4(7)6(10)11-3-5(9)2-8/h5,8-9H,1-3H2. The molecule has 4 nitrogen and oxygen atoms in total. The molecule has 0 heterocycles. The van der Waals surface area contributed by atoms with E-state index in [0.29, 0.717) is 0 Å². The third kappa shape index (κ3) is 4.78. The van der Waals surface area contributed by atoms with Crippen LogP contribution >= 0.6 is 11.6 Å². The zero-order valence-corrected chi connectivity index (χ0v) is 6.54. The van der Waals surface area contributed by atoms with Gasteiger partial charge >= 0.3 is 5.97 Å². The van der Waals surface area contributed by atoms with E-state index < -0.39 is 18.7 Å². The van der Waals surface area contributed by atoms with E-state index in [9.17, 15) is 4.79 Å². The Kier molecular flexibility index (Phi) is 4.85. The van der Waals surface area contributed by atoms with E-state index in [1.807, 2.05) is 0 Å². The molecule has 0 aliphatic carbocycles. The molecule has 0 amide bonds. The summed E-state index contributed by atoms with van der Waals surface area (Å²) in [6.07, 6.45) is -1.06. The van der Waals surface area contributed by atoms with Crippen LogP contribution in [0, 0.1) is 0 Å². The van der Waals surface area contributed by atoms with Crippen molar-refractivity contribution >= 4 is 17.6 Å². The average Bonchev–Trinajstić information content (AvgIpc) is 1.99. The van der Waals surface area contributed by atoms with Crippen LogP contribution in [0.25, 0.3) is 0 Å². The Morgan fingerprint density at radius 1 is 1.73 bits per heavy atom. The van der Waals surface area contributed by atoms with Gasteiger partial charge in [-0.25, -0.2) is 4.79 Å². The third-order valence-corrected chi connectivity index (χ3v) is 0.993. The lowest BCUT2D eigenvalue weighted by Crippen LogP contribution is -2.21. The Hall–Kier alpha value is -0.580. The highest BCUT2D eigenvalue weighted by atomic mass is 35.5. The maximum Gasteiger partial charge on any atom is 0.349 e. The lowest BCUT2D eigenvalue weighted by molar-refractivity contribution is -0.141. The van der Waals surface area contributed by atoms with Crippen LogP contribution in [0.1, 0.15) is 0 Å². The number of ether oxygens (including phenoxy) is 1. The number of esters is 1. The Balaban J connectivity index is 3.54. The van der Waals surface area contributed by atoms with Crippen LogP contribution in [-0.4, -0.2) is 35.5 Å². The Bertz CT molecular complexity index is 157. The van der Waals surface area contributed by atoms with Crippen molar-refractivity contribution in [1.82, 2.24) is 0 Å². The fraction of sp³-hybridized carbons (Fsp3) is 0.500. The van der Waals surface area contributed by atoms with Crippen LogP contribution < -0.4 is 0 Å². The molecule has 0 aromatic carbocycles. The zero-order chi connectivity index (χ0) is 8.85. The van der Waals surface area contributed by atoms with Gasteiger partial charge in [-0.1, -0.05) is 18.2 Å². The molecule has 0 radical (unpaired) electrons. The first-order chi connectivity index (χ1) is 5.07. The number of rotatable bonds is 4. The van der Waals surface area contributed by atoms with E-state index in [2.05, 4.69) is 11.3 Å². The number of carbonyl (C=O) groups is 1. The number of aliphatic hydroxyl groups excluding tert-OH is 2. The quantitative estimate of drug-likeness (QED) is 0.458. The van der Waals surface area contributed by atoms with E-state index >= 15 is 0 Å². The van der Waals surface area contributed by atoms with Gasteiger partial charge in [-0.2, -0.15) is 0 Å². The molecule has 0 saturated heterocycles. The fourth-order valence-electron chi connectivity index (χ4n) is 0.303. The summed E-state index contributed by atoms with van der Waals surface area (Å²) < 4.78 is 4.38. The van der Waals surface area contributed by atoms with Crippen molar-refractivity contribution in [1.29, 1.82) is 0 Å². The molecule has 0 aromatic heterocycles. The van der Waals surface area contributed by atoms with Crippen LogP contribution in [-0.2, 0) is 9.53 Å². The number of hydrogen-bond donors (Lipinski definition) is 2. The normalized spacial score (nSPS) is 12.3. The highest BCUT2D eigenvalue weighted by Crippen LogP contribution is 1.99. The fourth-order valence-corrected chi connectivity index (χ4v) is 0.357. The molecular weight excluding hydrogens is 172 g/mol. The number of aliphatic hydroxyl groups is 2. The topological polar surface area (TPSA) is 66.8 Å². The average molecular weight is 181 g/mol. The Morgan fingerprint density at radius 3 is 2.64 bits per heavy atom. The van der Waals surface area contributed by atoms with Gasteiger partial charge in [-0.3, -0.25) is 0 Å². The number of hydrogen-bond acceptors (Lipinski definition) is 4. The van der Waals surface area contributed by atoms with Crippen molar-refractivity contribution in [2.24, 2.45) is 0 Å². The first-order valence-corrected chi connectivity index (χ1v) is 3.26. The second-order valence-electron chi connectivity index (χ2n) is 1.84. The van der Waals surface area contributed by atoms with Crippen molar-refractivity contribution in [3.05, 3.63) is 11.6 Å². The highest BCUT2D eigenvalue weighted by molar-refractivity contribution is 6.40. The van der Waals surface area contributed by atoms with E-state index in [0.717, 1.165) is 0 Å². The van der Waals surface area contributed by atoms with Gasteiger partial charge in [0.1, 0.15) is 17.7 Å². The Labute approximate surface area is 69.0 Å². The lowest BCUT2D eigenvalue weighted by Gasteiger charge is -2.06. The summed E-state index contributed by atoms with van der Waals surface area (Å²) in [6.45, 7) is 2.37. The van der Waals surface area contributed by atoms with E-state index in [-0.39, 0.29) is 11.6 Å². The maximum absolute atomic E-state index is 10.5. The monoisotopic (exact) mass is 180 g/mol. The molecule has 64 valence electrons. The van der Waals surface area contributed by atoms with Gasteiger partial charge in [0, 0.05) is 0 Å². The largest absolute Gasteiger partial charge is 0.459 e. The minimum Gasteiger partial charge on any atom is -0.459 e. The SMILES string of the molecule is C=C(Cl)C(=O)OCC(O)CO. The van der Waals surface area contributed by atoms with E-state index in [4.69, 9.17) is 21.8 Å². The summed E-state index contributed by atoms with van der Waals surface area (Å²) in [5.41, 5.74) is 0. The smallest absolute Gasteiger partial charge is 0.349 e.